The Morgan fingerprint density at radius 3 is 2.55 bits per heavy atom. The summed E-state index contributed by atoms with van der Waals surface area (Å²) >= 11 is 0. The topological polar surface area (TPSA) is 101 Å². The van der Waals surface area contributed by atoms with Crippen LogP contribution in [-0.2, 0) is 4.79 Å². The number of nitrogens with zero attached hydrogens (tertiary/aromatic N) is 3. The maximum atomic E-state index is 11.9. The molecule has 0 radical (unpaired) electrons. The van der Waals surface area contributed by atoms with Crippen molar-refractivity contribution >= 4 is 17.6 Å². The number of hydrogen-bond acceptors (Lipinski definition) is 6. The summed E-state index contributed by atoms with van der Waals surface area (Å²) in [6.07, 6.45) is 0. The second-order valence-corrected chi connectivity index (χ2v) is 4.36. The number of rotatable bonds is 4. The minimum absolute atomic E-state index is 0.0927. The van der Waals surface area contributed by atoms with Crippen molar-refractivity contribution in [1.82, 2.24) is 15.2 Å². The van der Waals surface area contributed by atoms with Crippen LogP contribution in [0, 0.1) is 13.8 Å². The van der Waals surface area contributed by atoms with E-state index in [-0.39, 0.29) is 18.2 Å². The van der Waals surface area contributed by atoms with E-state index in [0.717, 1.165) is 0 Å². The molecule has 0 aliphatic carbocycles. The fraction of sp³-hybridized carbons (Fsp3) is 0.333. The number of aryl methyl sites for hydroxylation is 2. The van der Waals surface area contributed by atoms with Crippen LogP contribution in [0.4, 0.5) is 5.82 Å². The lowest BCUT2D eigenvalue weighted by molar-refractivity contribution is -0.116. The lowest BCUT2D eigenvalue weighted by atomic mass is 10.3. The number of anilines is 1. The second-order valence-electron chi connectivity index (χ2n) is 4.36. The first-order valence-electron chi connectivity index (χ1n) is 5.87. The zero-order chi connectivity index (χ0) is 14.7. The molecule has 0 aromatic carbocycles. The maximum Gasteiger partial charge on any atom is 0.292 e. The predicted octanol–water partition coefficient (Wildman–Crippen LogP) is 0.990. The molecule has 2 heterocycles. The van der Waals surface area contributed by atoms with Gasteiger partial charge in [0.05, 0.1) is 5.69 Å². The van der Waals surface area contributed by atoms with Crippen LogP contribution in [0.15, 0.2) is 21.2 Å². The highest BCUT2D eigenvalue weighted by atomic mass is 16.5. The smallest absolute Gasteiger partial charge is 0.292 e. The lowest BCUT2D eigenvalue weighted by Crippen LogP contribution is -2.34. The predicted molar refractivity (Wildman–Crippen MR) is 68.1 cm³/mol. The van der Waals surface area contributed by atoms with Gasteiger partial charge in [-0.2, -0.15) is 0 Å². The molecule has 0 aliphatic rings. The van der Waals surface area contributed by atoms with Gasteiger partial charge in [0, 0.05) is 19.2 Å². The van der Waals surface area contributed by atoms with E-state index in [2.05, 4.69) is 15.6 Å². The zero-order valence-electron chi connectivity index (χ0n) is 11.3. The molecule has 2 aromatic rings. The number of amides is 2. The van der Waals surface area contributed by atoms with E-state index in [1.165, 1.54) is 18.0 Å². The maximum absolute atomic E-state index is 11.9. The Morgan fingerprint density at radius 2 is 2.00 bits per heavy atom. The van der Waals surface area contributed by atoms with E-state index < -0.39 is 5.91 Å². The van der Waals surface area contributed by atoms with Crippen molar-refractivity contribution < 1.29 is 18.6 Å². The Balaban J connectivity index is 1.92. The van der Waals surface area contributed by atoms with Crippen LogP contribution < -0.4 is 5.32 Å². The molecule has 0 atom stereocenters. The summed E-state index contributed by atoms with van der Waals surface area (Å²) < 4.78 is 9.67. The Morgan fingerprint density at radius 1 is 1.25 bits per heavy atom. The van der Waals surface area contributed by atoms with Gasteiger partial charge in [-0.15, -0.1) is 0 Å². The highest BCUT2D eigenvalue weighted by molar-refractivity contribution is 5.97. The summed E-state index contributed by atoms with van der Waals surface area (Å²) in [7, 11) is 1.49. The SMILES string of the molecule is Cc1cc(C(=O)N(C)CC(=O)Nc2cc(C)on2)on1. The Bertz CT molecular complexity index is 631. The van der Waals surface area contributed by atoms with Gasteiger partial charge in [-0.3, -0.25) is 9.59 Å². The van der Waals surface area contributed by atoms with E-state index in [4.69, 9.17) is 9.05 Å². The van der Waals surface area contributed by atoms with Gasteiger partial charge in [-0.1, -0.05) is 10.3 Å². The average Bonchev–Trinajstić information content (AvgIpc) is 2.97. The third-order valence-electron chi connectivity index (χ3n) is 2.46. The van der Waals surface area contributed by atoms with E-state index in [1.807, 2.05) is 0 Å². The fourth-order valence-electron chi connectivity index (χ4n) is 1.55. The molecule has 8 nitrogen and oxygen atoms in total. The van der Waals surface area contributed by atoms with Crippen LogP contribution in [-0.4, -0.2) is 40.6 Å². The molecule has 106 valence electrons. The summed E-state index contributed by atoms with van der Waals surface area (Å²) in [5.41, 5.74) is 0.601. The van der Waals surface area contributed by atoms with Crippen LogP contribution in [0.1, 0.15) is 22.0 Å². The summed E-state index contributed by atoms with van der Waals surface area (Å²) in [5, 5.41) is 9.78. The molecular weight excluding hydrogens is 264 g/mol. The van der Waals surface area contributed by atoms with Crippen molar-refractivity contribution in [3.8, 4) is 0 Å². The van der Waals surface area contributed by atoms with Gasteiger partial charge in [0.2, 0.25) is 11.7 Å². The molecule has 2 amide bonds. The number of hydrogen-bond donors (Lipinski definition) is 1. The first kappa shape index (κ1) is 13.8. The van der Waals surface area contributed by atoms with Crippen molar-refractivity contribution in [2.45, 2.75) is 13.8 Å². The summed E-state index contributed by atoms with van der Waals surface area (Å²) in [6, 6.07) is 3.09. The number of likely N-dealkylation sites (N-methyl/N-ethyl adjacent to an activating group) is 1. The standard InChI is InChI=1S/C12H14N4O4/c1-7-4-9(20-14-7)12(18)16(3)6-11(17)13-10-5-8(2)19-15-10/h4-5H,6H2,1-3H3,(H,13,15,17). The Kier molecular flexibility index (Phi) is 3.83. The number of carbonyl (C=O) groups excluding carboxylic acids is 2. The lowest BCUT2D eigenvalue weighted by Gasteiger charge is -2.14. The van der Waals surface area contributed by atoms with Gasteiger partial charge >= 0.3 is 0 Å². The third-order valence-corrected chi connectivity index (χ3v) is 2.46. The van der Waals surface area contributed by atoms with Crippen LogP contribution in [0.2, 0.25) is 0 Å². The number of nitrogens with one attached hydrogen (secondary N) is 1. The van der Waals surface area contributed by atoms with E-state index in [1.54, 1.807) is 19.9 Å². The van der Waals surface area contributed by atoms with Crippen molar-refractivity contribution in [2.75, 3.05) is 18.9 Å². The average molecular weight is 278 g/mol. The highest BCUT2D eigenvalue weighted by Crippen LogP contribution is 2.08. The second kappa shape index (κ2) is 5.55. The molecule has 8 heteroatoms. The Labute approximate surface area is 114 Å². The molecule has 2 aromatic heterocycles. The fourth-order valence-corrected chi connectivity index (χ4v) is 1.55. The molecule has 0 spiro atoms. The van der Waals surface area contributed by atoms with Crippen molar-refractivity contribution in [2.24, 2.45) is 0 Å². The number of carbonyl (C=O) groups is 2. The minimum atomic E-state index is -0.419. The van der Waals surface area contributed by atoms with Gasteiger partial charge in [0.15, 0.2) is 5.82 Å². The van der Waals surface area contributed by atoms with Gasteiger partial charge in [-0.05, 0) is 13.8 Å². The Hall–Kier alpha value is -2.64. The van der Waals surface area contributed by atoms with E-state index in [9.17, 15) is 9.59 Å². The van der Waals surface area contributed by atoms with Crippen LogP contribution in [0.5, 0.6) is 0 Å². The van der Waals surface area contributed by atoms with Crippen LogP contribution in [0.25, 0.3) is 0 Å². The van der Waals surface area contributed by atoms with Gasteiger partial charge in [0.25, 0.3) is 5.91 Å². The van der Waals surface area contributed by atoms with Crippen molar-refractivity contribution in [3.05, 3.63) is 29.3 Å². The first-order chi connectivity index (χ1) is 9.45. The normalized spacial score (nSPS) is 10.3. The molecular formula is C12H14N4O4. The minimum Gasteiger partial charge on any atom is -0.360 e. The monoisotopic (exact) mass is 278 g/mol. The molecule has 0 saturated heterocycles. The number of aromatic nitrogens is 2. The molecule has 0 aliphatic heterocycles. The summed E-state index contributed by atoms with van der Waals surface area (Å²) in [6.45, 7) is 3.29. The molecule has 0 saturated carbocycles. The molecule has 0 unspecified atom stereocenters. The zero-order valence-corrected chi connectivity index (χ0v) is 11.3. The third kappa shape index (κ3) is 3.22. The molecule has 2 rings (SSSR count). The summed E-state index contributed by atoms with van der Waals surface area (Å²) in [4.78, 5) is 24.9. The van der Waals surface area contributed by atoms with Crippen molar-refractivity contribution in [1.29, 1.82) is 0 Å². The molecule has 0 bridgehead atoms. The molecule has 0 fully saturated rings. The molecule has 20 heavy (non-hydrogen) atoms. The van der Waals surface area contributed by atoms with E-state index >= 15 is 0 Å². The highest BCUT2D eigenvalue weighted by Gasteiger charge is 2.19. The summed E-state index contributed by atoms with van der Waals surface area (Å²) in [5.74, 6) is 0.184. The van der Waals surface area contributed by atoms with Gasteiger partial charge < -0.3 is 19.3 Å². The van der Waals surface area contributed by atoms with Crippen molar-refractivity contribution in [3.63, 3.8) is 0 Å². The van der Waals surface area contributed by atoms with Gasteiger partial charge in [0.1, 0.15) is 12.3 Å². The van der Waals surface area contributed by atoms with Crippen LogP contribution in [0.3, 0.4) is 0 Å². The quantitative estimate of drug-likeness (QED) is 0.894. The van der Waals surface area contributed by atoms with Crippen LogP contribution >= 0.6 is 0 Å². The first-order valence-corrected chi connectivity index (χ1v) is 5.87. The van der Waals surface area contributed by atoms with Gasteiger partial charge in [-0.25, -0.2) is 0 Å². The van der Waals surface area contributed by atoms with E-state index in [0.29, 0.717) is 17.3 Å². The molecule has 1 N–H and O–H groups in total. The largest absolute Gasteiger partial charge is 0.360 e.